The van der Waals surface area contributed by atoms with Gasteiger partial charge in [-0.2, -0.15) is 0 Å². The van der Waals surface area contributed by atoms with E-state index >= 15 is 0 Å². The van der Waals surface area contributed by atoms with Crippen LogP contribution >= 0.6 is 0 Å². The Morgan fingerprint density at radius 1 is 0.958 bits per heavy atom. The first-order valence-electron chi connectivity index (χ1n) is 7.34. The summed E-state index contributed by atoms with van der Waals surface area (Å²) < 4.78 is 1.94. The van der Waals surface area contributed by atoms with Gasteiger partial charge in [0, 0.05) is 29.7 Å². The lowest BCUT2D eigenvalue weighted by Crippen LogP contribution is -1.96. The Bertz CT molecular complexity index is 895. The van der Waals surface area contributed by atoms with E-state index < -0.39 is 4.92 Å². The van der Waals surface area contributed by atoms with Crippen LogP contribution in [-0.4, -0.2) is 15.3 Å². The highest BCUT2D eigenvalue weighted by molar-refractivity contribution is 6.07. The second-order valence-corrected chi connectivity index (χ2v) is 5.15. The molecule has 0 aliphatic rings. The maximum absolute atomic E-state index is 12.2. The van der Waals surface area contributed by atoms with Gasteiger partial charge in [-0.05, 0) is 54.6 Å². The van der Waals surface area contributed by atoms with E-state index in [1.165, 1.54) is 18.2 Å². The first-order chi connectivity index (χ1) is 11.6. The van der Waals surface area contributed by atoms with Crippen LogP contribution in [0.2, 0.25) is 0 Å². The summed E-state index contributed by atoms with van der Waals surface area (Å²) in [6.07, 6.45) is 6.67. The molecule has 0 N–H and O–H groups in total. The van der Waals surface area contributed by atoms with Crippen molar-refractivity contribution in [2.45, 2.75) is 0 Å². The van der Waals surface area contributed by atoms with Crippen molar-refractivity contribution in [1.29, 1.82) is 0 Å². The number of carbonyl (C=O) groups is 1. The topological polar surface area (TPSA) is 65.1 Å². The number of nitro benzene ring substituents is 1. The Balaban J connectivity index is 1.79. The largest absolute Gasteiger partial charge is 0.324 e. The van der Waals surface area contributed by atoms with Gasteiger partial charge in [0.1, 0.15) is 0 Å². The summed E-state index contributed by atoms with van der Waals surface area (Å²) in [4.78, 5) is 22.7. The lowest BCUT2D eigenvalue weighted by molar-refractivity contribution is -0.385. The monoisotopic (exact) mass is 318 g/mol. The van der Waals surface area contributed by atoms with Crippen molar-refractivity contribution in [1.82, 2.24) is 4.57 Å². The normalized spacial score (nSPS) is 10.8. The van der Waals surface area contributed by atoms with Gasteiger partial charge in [-0.1, -0.05) is 12.1 Å². The summed E-state index contributed by atoms with van der Waals surface area (Å²) in [5, 5.41) is 11.0. The van der Waals surface area contributed by atoms with E-state index in [-0.39, 0.29) is 11.5 Å². The fourth-order valence-corrected chi connectivity index (χ4v) is 2.36. The van der Waals surface area contributed by atoms with E-state index in [1.54, 1.807) is 30.3 Å². The fourth-order valence-electron chi connectivity index (χ4n) is 2.36. The third-order valence-corrected chi connectivity index (χ3v) is 3.60. The molecule has 5 nitrogen and oxygen atoms in total. The number of hydrogen-bond acceptors (Lipinski definition) is 3. The second-order valence-electron chi connectivity index (χ2n) is 5.15. The zero-order chi connectivity index (χ0) is 16.9. The summed E-state index contributed by atoms with van der Waals surface area (Å²) in [6.45, 7) is 0. The third kappa shape index (κ3) is 3.30. The third-order valence-electron chi connectivity index (χ3n) is 3.60. The number of nitro groups is 1. The number of allylic oxidation sites excluding steroid dienone is 1. The standard InChI is InChI=1S/C19H14N2O3/c22-19(12-9-15-5-1-2-6-18(15)21(23)24)16-7-10-17(11-8-16)20-13-3-4-14-20/h1-14H/b12-9+. The summed E-state index contributed by atoms with van der Waals surface area (Å²) in [7, 11) is 0. The molecule has 0 aliphatic heterocycles. The Labute approximate surface area is 138 Å². The number of para-hydroxylation sites is 1. The molecule has 0 atom stereocenters. The summed E-state index contributed by atoms with van der Waals surface area (Å²) >= 11 is 0. The number of ketones is 1. The average molecular weight is 318 g/mol. The number of rotatable bonds is 5. The minimum atomic E-state index is -0.462. The molecule has 5 heteroatoms. The van der Waals surface area contributed by atoms with E-state index in [2.05, 4.69) is 0 Å². The van der Waals surface area contributed by atoms with Gasteiger partial charge < -0.3 is 4.57 Å². The van der Waals surface area contributed by atoms with E-state index in [1.807, 2.05) is 41.2 Å². The summed E-state index contributed by atoms with van der Waals surface area (Å²) in [5.74, 6) is -0.202. The van der Waals surface area contributed by atoms with E-state index in [0.29, 0.717) is 11.1 Å². The zero-order valence-electron chi connectivity index (χ0n) is 12.7. The highest BCUT2D eigenvalue weighted by Gasteiger charge is 2.10. The lowest BCUT2D eigenvalue weighted by atomic mass is 10.1. The van der Waals surface area contributed by atoms with Gasteiger partial charge in [-0.25, -0.2) is 0 Å². The molecule has 3 rings (SSSR count). The molecule has 2 aromatic carbocycles. The molecule has 0 bridgehead atoms. The quantitative estimate of drug-likeness (QED) is 0.305. The molecule has 0 fully saturated rings. The molecular weight excluding hydrogens is 304 g/mol. The predicted molar refractivity (Wildman–Crippen MR) is 92.2 cm³/mol. The fraction of sp³-hybridized carbons (Fsp3) is 0. The Morgan fingerprint density at radius 3 is 2.29 bits per heavy atom. The van der Waals surface area contributed by atoms with Crippen LogP contribution in [0, 0.1) is 10.1 Å². The molecular formula is C19H14N2O3. The molecule has 0 radical (unpaired) electrons. The molecule has 0 spiro atoms. The maximum Gasteiger partial charge on any atom is 0.276 e. The van der Waals surface area contributed by atoms with Gasteiger partial charge in [0.25, 0.3) is 5.69 Å². The van der Waals surface area contributed by atoms with Crippen LogP contribution in [-0.2, 0) is 0 Å². The molecule has 1 heterocycles. The van der Waals surface area contributed by atoms with Gasteiger partial charge in [-0.3, -0.25) is 14.9 Å². The van der Waals surface area contributed by atoms with Crippen molar-refractivity contribution in [3.8, 4) is 5.69 Å². The molecule has 0 saturated heterocycles. The molecule has 0 amide bonds. The molecule has 3 aromatic rings. The van der Waals surface area contributed by atoms with Crippen LogP contribution in [0.5, 0.6) is 0 Å². The maximum atomic E-state index is 12.2. The van der Waals surface area contributed by atoms with Crippen molar-refractivity contribution in [2.75, 3.05) is 0 Å². The number of hydrogen-bond donors (Lipinski definition) is 0. The van der Waals surface area contributed by atoms with Crippen LogP contribution in [0.1, 0.15) is 15.9 Å². The van der Waals surface area contributed by atoms with Gasteiger partial charge in [0.05, 0.1) is 10.5 Å². The number of nitrogens with zero attached hydrogens (tertiary/aromatic N) is 2. The Hall–Kier alpha value is -3.47. The van der Waals surface area contributed by atoms with Crippen LogP contribution in [0.15, 0.2) is 79.1 Å². The van der Waals surface area contributed by atoms with Gasteiger partial charge in [0.15, 0.2) is 5.78 Å². The summed E-state index contributed by atoms with van der Waals surface area (Å²) in [6, 6.07) is 17.3. The van der Waals surface area contributed by atoms with Gasteiger partial charge >= 0.3 is 0 Å². The first kappa shape index (κ1) is 15.4. The Morgan fingerprint density at radius 2 is 1.62 bits per heavy atom. The van der Waals surface area contributed by atoms with Gasteiger partial charge in [-0.15, -0.1) is 0 Å². The lowest BCUT2D eigenvalue weighted by Gasteiger charge is -2.03. The van der Waals surface area contributed by atoms with Crippen molar-refractivity contribution in [3.63, 3.8) is 0 Å². The first-order valence-corrected chi connectivity index (χ1v) is 7.34. The molecule has 0 aliphatic carbocycles. The molecule has 0 unspecified atom stereocenters. The van der Waals surface area contributed by atoms with Crippen molar-refractivity contribution >= 4 is 17.5 Å². The average Bonchev–Trinajstić information content (AvgIpc) is 3.14. The van der Waals surface area contributed by atoms with Crippen molar-refractivity contribution in [2.24, 2.45) is 0 Å². The number of benzene rings is 2. The van der Waals surface area contributed by atoms with Crippen molar-refractivity contribution in [3.05, 3.63) is 100 Å². The van der Waals surface area contributed by atoms with E-state index in [0.717, 1.165) is 5.69 Å². The van der Waals surface area contributed by atoms with E-state index in [9.17, 15) is 14.9 Å². The minimum absolute atomic E-state index is 0.0236. The van der Waals surface area contributed by atoms with E-state index in [4.69, 9.17) is 0 Å². The smallest absolute Gasteiger partial charge is 0.276 e. The van der Waals surface area contributed by atoms with Crippen LogP contribution in [0.25, 0.3) is 11.8 Å². The van der Waals surface area contributed by atoms with Gasteiger partial charge in [0.2, 0.25) is 0 Å². The highest BCUT2D eigenvalue weighted by Crippen LogP contribution is 2.19. The molecule has 118 valence electrons. The molecule has 1 aromatic heterocycles. The highest BCUT2D eigenvalue weighted by atomic mass is 16.6. The summed E-state index contributed by atoms with van der Waals surface area (Å²) in [5.41, 5.74) is 1.87. The van der Waals surface area contributed by atoms with Crippen LogP contribution < -0.4 is 0 Å². The Kier molecular flexibility index (Phi) is 4.34. The number of carbonyl (C=O) groups excluding carboxylic acids is 1. The minimum Gasteiger partial charge on any atom is -0.324 e. The van der Waals surface area contributed by atoms with Crippen LogP contribution in [0.4, 0.5) is 5.69 Å². The van der Waals surface area contributed by atoms with Crippen molar-refractivity contribution < 1.29 is 9.72 Å². The SMILES string of the molecule is O=C(/C=C/c1ccccc1[N+](=O)[O-])c1ccc(-n2cccc2)cc1. The van der Waals surface area contributed by atoms with Crippen LogP contribution in [0.3, 0.4) is 0 Å². The predicted octanol–water partition coefficient (Wildman–Crippen LogP) is 4.28. The second kappa shape index (κ2) is 6.75. The number of aromatic nitrogens is 1. The zero-order valence-corrected chi connectivity index (χ0v) is 12.7. The molecule has 0 saturated carbocycles. The molecule has 24 heavy (non-hydrogen) atoms.